The molecule has 0 fully saturated rings. The van der Waals surface area contributed by atoms with Gasteiger partial charge >= 0.3 is 5.97 Å². The summed E-state index contributed by atoms with van der Waals surface area (Å²) in [5, 5.41) is 0. The van der Waals surface area contributed by atoms with Crippen molar-refractivity contribution in [1.82, 2.24) is 15.0 Å². The molecule has 0 spiro atoms. The number of nitrogens with zero attached hydrogens (tertiary/aromatic N) is 3. The molecule has 0 aliphatic rings. The molecule has 3 heterocycles. The molecule has 3 aromatic heterocycles. The Bertz CT molecular complexity index is 1510. The van der Waals surface area contributed by atoms with E-state index in [0.717, 1.165) is 46.8 Å². The van der Waals surface area contributed by atoms with Crippen LogP contribution < -0.4 is 0 Å². The molecule has 0 saturated carbocycles. The highest BCUT2D eigenvalue weighted by Crippen LogP contribution is 2.42. The van der Waals surface area contributed by atoms with Gasteiger partial charge in [-0.1, -0.05) is 78.3 Å². The molecule has 0 radical (unpaired) electrons. The first-order valence-corrected chi connectivity index (χ1v) is 17.7. The second-order valence-corrected chi connectivity index (χ2v) is 15.8. The summed E-state index contributed by atoms with van der Waals surface area (Å²) in [4.78, 5) is 26.8. The van der Waals surface area contributed by atoms with E-state index in [1.807, 2.05) is 54.6 Å². The Balaban J connectivity index is 1.28. The van der Waals surface area contributed by atoms with Crippen LogP contribution in [-0.2, 0) is 9.53 Å². The molecular weight excluding hydrogens is 615 g/mol. The molecule has 0 bridgehead atoms. The average Bonchev–Trinajstić information content (AvgIpc) is 3.71. The summed E-state index contributed by atoms with van der Waals surface area (Å²) in [6.45, 7) is 3.87. The number of benzene rings is 3. The van der Waals surface area contributed by atoms with Gasteiger partial charge in [-0.15, -0.1) is 34.0 Å². The van der Waals surface area contributed by atoms with Crippen molar-refractivity contribution in [3.8, 4) is 0 Å². The van der Waals surface area contributed by atoms with Gasteiger partial charge in [0.05, 0.1) is 37.3 Å². The van der Waals surface area contributed by atoms with Gasteiger partial charge in [0.25, 0.3) is 0 Å². The number of hydrogen-bond acceptors (Lipinski definition) is 11. The first kappa shape index (κ1) is 27.7. The topological polar surface area (TPSA) is 65.0 Å². The number of esters is 1. The van der Waals surface area contributed by atoms with Crippen molar-refractivity contribution in [3.63, 3.8) is 0 Å². The summed E-state index contributed by atoms with van der Waals surface area (Å²) < 4.78 is 12.3. The largest absolute Gasteiger partial charge is 0.462 e. The lowest BCUT2D eigenvalue weighted by molar-refractivity contribution is -0.140. The Morgan fingerprint density at radius 2 is 1.07 bits per heavy atom. The van der Waals surface area contributed by atoms with E-state index >= 15 is 0 Å². The average molecular weight is 638 g/mol. The van der Waals surface area contributed by atoms with E-state index in [1.165, 1.54) is 20.2 Å². The van der Waals surface area contributed by atoms with Crippen molar-refractivity contribution < 1.29 is 9.53 Å². The minimum Gasteiger partial charge on any atom is -0.462 e. The number of ether oxygens (including phenoxy) is 1. The fourth-order valence-electron chi connectivity index (χ4n) is 3.92. The number of para-hydroxylation sites is 3. The van der Waals surface area contributed by atoms with E-state index in [9.17, 15) is 4.79 Å². The third-order valence-corrected chi connectivity index (χ3v) is 13.6. The summed E-state index contributed by atoms with van der Waals surface area (Å²) >= 11 is 10.3. The number of aromatic nitrogens is 3. The molecule has 6 aromatic rings. The van der Waals surface area contributed by atoms with E-state index in [-0.39, 0.29) is 12.0 Å². The van der Waals surface area contributed by atoms with Gasteiger partial charge in [-0.05, 0) is 36.4 Å². The second-order valence-electron chi connectivity index (χ2n) is 9.02. The standard InChI is InChI=1S/C29H23N3O2S6/c1-2-25(33)34-15-29(16-35-26-30-19-9-3-6-12-22(19)38-26,17-36-27-31-20-10-4-7-13-23(20)39-27)18-37-28-32-21-11-5-8-14-24(21)40-28/h2-14H,1,15-18H2. The number of fused-ring (bicyclic) bond motifs is 3. The summed E-state index contributed by atoms with van der Waals surface area (Å²) in [5.74, 6) is 1.77. The number of carbonyl (C=O) groups is 1. The van der Waals surface area contributed by atoms with Crippen LogP contribution in [0.15, 0.2) is 98.5 Å². The van der Waals surface area contributed by atoms with Crippen molar-refractivity contribution in [2.75, 3.05) is 23.9 Å². The lowest BCUT2D eigenvalue weighted by Gasteiger charge is -2.31. The third kappa shape index (κ3) is 6.56. The highest BCUT2D eigenvalue weighted by molar-refractivity contribution is 8.03. The molecule has 0 N–H and O–H groups in total. The highest BCUT2D eigenvalue weighted by atomic mass is 32.2. The van der Waals surface area contributed by atoms with Crippen LogP contribution >= 0.6 is 69.3 Å². The van der Waals surface area contributed by atoms with E-state index in [4.69, 9.17) is 19.7 Å². The van der Waals surface area contributed by atoms with Gasteiger partial charge in [0.1, 0.15) is 0 Å². The van der Waals surface area contributed by atoms with Crippen molar-refractivity contribution in [3.05, 3.63) is 85.5 Å². The minimum atomic E-state index is -0.413. The van der Waals surface area contributed by atoms with Crippen LogP contribution in [0.4, 0.5) is 0 Å². The van der Waals surface area contributed by atoms with Crippen LogP contribution in [0.3, 0.4) is 0 Å². The van der Waals surface area contributed by atoms with Crippen molar-refractivity contribution in [1.29, 1.82) is 0 Å². The molecule has 40 heavy (non-hydrogen) atoms. The molecule has 11 heteroatoms. The minimum absolute atomic E-state index is 0.269. The van der Waals surface area contributed by atoms with Gasteiger partial charge in [-0.3, -0.25) is 0 Å². The first-order chi connectivity index (χ1) is 19.6. The Kier molecular flexibility index (Phi) is 8.76. The van der Waals surface area contributed by atoms with Crippen LogP contribution in [0.25, 0.3) is 30.6 Å². The lowest BCUT2D eigenvalue weighted by Crippen LogP contribution is -2.36. The molecule has 5 nitrogen and oxygen atoms in total. The summed E-state index contributed by atoms with van der Waals surface area (Å²) in [7, 11) is 0. The van der Waals surface area contributed by atoms with Gasteiger partial charge in [-0.2, -0.15) is 0 Å². The summed E-state index contributed by atoms with van der Waals surface area (Å²) in [6, 6.07) is 24.6. The van der Waals surface area contributed by atoms with Crippen LogP contribution in [0, 0.1) is 5.41 Å². The predicted octanol–water partition coefficient (Wildman–Crippen LogP) is 8.91. The number of thioether (sulfide) groups is 3. The molecule has 3 aromatic carbocycles. The molecule has 0 aliphatic carbocycles. The van der Waals surface area contributed by atoms with Gasteiger partial charge in [0.2, 0.25) is 0 Å². The van der Waals surface area contributed by atoms with E-state index in [1.54, 1.807) is 69.3 Å². The first-order valence-electron chi connectivity index (χ1n) is 12.3. The zero-order chi connectivity index (χ0) is 27.4. The smallest absolute Gasteiger partial charge is 0.330 e. The Hall–Kier alpha value is -2.41. The number of carbonyl (C=O) groups excluding carboxylic acids is 1. The van der Waals surface area contributed by atoms with Crippen LogP contribution in [0.5, 0.6) is 0 Å². The molecule has 6 rings (SSSR count). The van der Waals surface area contributed by atoms with Crippen LogP contribution in [-0.4, -0.2) is 44.8 Å². The van der Waals surface area contributed by atoms with Crippen molar-refractivity contribution >= 4 is 106 Å². The quantitative estimate of drug-likeness (QED) is 0.0749. The van der Waals surface area contributed by atoms with E-state index in [0.29, 0.717) is 0 Å². The number of hydrogen-bond donors (Lipinski definition) is 0. The fourth-order valence-corrected chi connectivity index (χ4v) is 11.1. The van der Waals surface area contributed by atoms with Gasteiger partial charge in [0.15, 0.2) is 13.0 Å². The molecule has 0 aliphatic heterocycles. The highest BCUT2D eigenvalue weighted by Gasteiger charge is 2.34. The predicted molar refractivity (Wildman–Crippen MR) is 175 cm³/mol. The molecule has 202 valence electrons. The molecule has 0 atom stereocenters. The van der Waals surface area contributed by atoms with E-state index in [2.05, 4.69) is 24.8 Å². The zero-order valence-corrected chi connectivity index (χ0v) is 26.0. The SMILES string of the molecule is C=CC(=O)OCC(CSc1nc2ccccc2s1)(CSc1nc2ccccc2s1)CSc1nc2ccccc2s1. The van der Waals surface area contributed by atoms with Gasteiger partial charge in [-0.25, -0.2) is 19.7 Å². The normalized spacial score (nSPS) is 11.9. The van der Waals surface area contributed by atoms with Crippen LogP contribution in [0.1, 0.15) is 0 Å². The Morgan fingerprint density at radius 3 is 1.43 bits per heavy atom. The van der Waals surface area contributed by atoms with Crippen LogP contribution in [0.2, 0.25) is 0 Å². The molecular formula is C29H23N3O2S6. The van der Waals surface area contributed by atoms with Crippen molar-refractivity contribution in [2.24, 2.45) is 5.41 Å². The van der Waals surface area contributed by atoms with Gasteiger partial charge < -0.3 is 4.74 Å². The van der Waals surface area contributed by atoms with Gasteiger partial charge in [0, 0.05) is 28.7 Å². The monoisotopic (exact) mass is 637 g/mol. The Labute approximate surface area is 256 Å². The molecule has 0 unspecified atom stereocenters. The zero-order valence-electron chi connectivity index (χ0n) is 21.1. The Morgan fingerprint density at radius 1 is 0.700 bits per heavy atom. The second kappa shape index (κ2) is 12.6. The van der Waals surface area contributed by atoms with E-state index < -0.39 is 5.97 Å². The maximum absolute atomic E-state index is 12.2. The maximum atomic E-state index is 12.2. The molecule has 0 saturated heterocycles. The third-order valence-electron chi connectivity index (χ3n) is 6.02. The maximum Gasteiger partial charge on any atom is 0.330 e. The summed E-state index contributed by atoms with van der Waals surface area (Å²) in [5.41, 5.74) is 2.65. The van der Waals surface area contributed by atoms with Crippen molar-refractivity contribution in [2.45, 2.75) is 13.0 Å². The fraction of sp³-hybridized carbons (Fsp3) is 0.172. The number of thiazole rings is 3. The number of rotatable bonds is 12. The summed E-state index contributed by atoms with van der Waals surface area (Å²) in [6.07, 6.45) is 1.23. The lowest BCUT2D eigenvalue weighted by atomic mass is 9.97. The molecule has 0 amide bonds.